The number of aryl methyl sites for hydroxylation is 1. The SMILES string of the molecule is C=C1/C2=C\C=N/C/C(c3c([C@H](OC(C)(C)C)C(=O)O)c(C)c(F)c4cc(C)ccc34)=C\C=C/1OCC2. The van der Waals surface area contributed by atoms with Crippen molar-refractivity contribution in [2.24, 2.45) is 4.99 Å². The number of ether oxygens (including phenoxy) is 2. The Morgan fingerprint density at radius 3 is 2.61 bits per heavy atom. The number of benzene rings is 2. The van der Waals surface area contributed by atoms with Crippen LogP contribution in [0.4, 0.5) is 4.39 Å². The molecule has 1 atom stereocenters. The molecule has 6 heteroatoms. The molecule has 0 unspecified atom stereocenters. The van der Waals surface area contributed by atoms with Crippen molar-refractivity contribution in [1.29, 1.82) is 0 Å². The normalized spacial score (nSPS) is 22.4. The van der Waals surface area contributed by atoms with Gasteiger partial charge in [0.2, 0.25) is 0 Å². The van der Waals surface area contributed by atoms with Crippen LogP contribution >= 0.6 is 0 Å². The number of nitrogens with zero attached hydrogens (tertiary/aromatic N) is 1. The molecule has 0 saturated carbocycles. The van der Waals surface area contributed by atoms with Crippen molar-refractivity contribution in [2.75, 3.05) is 13.2 Å². The lowest BCUT2D eigenvalue weighted by molar-refractivity contribution is -0.160. The van der Waals surface area contributed by atoms with Gasteiger partial charge in [0.15, 0.2) is 6.10 Å². The molecule has 36 heavy (non-hydrogen) atoms. The van der Waals surface area contributed by atoms with Gasteiger partial charge < -0.3 is 14.6 Å². The maximum absolute atomic E-state index is 15.8. The van der Waals surface area contributed by atoms with Crippen molar-refractivity contribution < 1.29 is 23.8 Å². The van der Waals surface area contributed by atoms with Gasteiger partial charge in [-0.05, 0) is 80.5 Å². The standard InChI is InChI=1S/C30H32FNO4/c1-17-7-9-22-23(15-17)27(31)19(3)25(28(29(33)34)36-30(4,5)6)26(22)21-8-10-24-18(2)20(12-14-35-24)11-13-32-16-21/h7-11,13,15,28H,2,12,14,16H2,1,3-6H3,(H,33,34)/b20-11-,21-8+,24-10+,32-13-/t28-/m0/s1. The summed E-state index contributed by atoms with van der Waals surface area (Å²) in [7, 11) is 0. The van der Waals surface area contributed by atoms with E-state index in [1.807, 2.05) is 37.3 Å². The van der Waals surface area contributed by atoms with E-state index in [-0.39, 0.29) is 12.1 Å². The van der Waals surface area contributed by atoms with Gasteiger partial charge in [-0.1, -0.05) is 30.4 Å². The van der Waals surface area contributed by atoms with Crippen LogP contribution in [0.2, 0.25) is 0 Å². The molecule has 0 aromatic heterocycles. The number of carboxylic acid groups (broad SMARTS) is 1. The Kier molecular flexibility index (Phi) is 7.01. The molecule has 0 amide bonds. The number of rotatable bonds is 4. The zero-order chi connectivity index (χ0) is 26.2. The Balaban J connectivity index is 2.06. The molecule has 2 aromatic rings. The number of fused-ring (bicyclic) bond motifs is 3. The van der Waals surface area contributed by atoms with E-state index in [0.717, 1.165) is 28.7 Å². The first-order valence-corrected chi connectivity index (χ1v) is 12.0. The van der Waals surface area contributed by atoms with Crippen LogP contribution in [0.5, 0.6) is 0 Å². The second-order valence-electron chi connectivity index (χ2n) is 10.2. The molecule has 0 aliphatic carbocycles. The molecule has 5 nitrogen and oxygen atoms in total. The molecule has 1 saturated heterocycles. The first kappa shape index (κ1) is 25.6. The number of hydrogen-bond donors (Lipinski definition) is 1. The van der Waals surface area contributed by atoms with Gasteiger partial charge in [-0.3, -0.25) is 4.99 Å². The molecule has 2 aromatic carbocycles. The first-order valence-electron chi connectivity index (χ1n) is 12.0. The summed E-state index contributed by atoms with van der Waals surface area (Å²) < 4.78 is 27.6. The lowest BCUT2D eigenvalue weighted by atomic mass is 9.85. The Bertz CT molecular complexity index is 1370. The molecular weight excluding hydrogens is 457 g/mol. The van der Waals surface area contributed by atoms with Gasteiger partial charge in [-0.25, -0.2) is 9.18 Å². The maximum Gasteiger partial charge on any atom is 0.337 e. The molecular formula is C30H32FNO4. The van der Waals surface area contributed by atoms with Gasteiger partial charge in [0, 0.05) is 29.2 Å². The smallest absolute Gasteiger partial charge is 0.337 e. The average molecular weight is 490 g/mol. The van der Waals surface area contributed by atoms with Crippen molar-refractivity contribution in [2.45, 2.75) is 52.7 Å². The quantitative estimate of drug-likeness (QED) is 0.513. The summed E-state index contributed by atoms with van der Waals surface area (Å²) in [5, 5.41) is 11.3. The predicted molar refractivity (Wildman–Crippen MR) is 142 cm³/mol. The summed E-state index contributed by atoms with van der Waals surface area (Å²) in [6.45, 7) is 13.8. The van der Waals surface area contributed by atoms with E-state index in [1.54, 1.807) is 40.0 Å². The predicted octanol–water partition coefficient (Wildman–Crippen LogP) is 6.79. The summed E-state index contributed by atoms with van der Waals surface area (Å²) in [5.74, 6) is -0.976. The highest BCUT2D eigenvalue weighted by atomic mass is 19.1. The molecule has 2 aliphatic rings. The second-order valence-corrected chi connectivity index (χ2v) is 10.2. The molecule has 0 spiro atoms. The van der Waals surface area contributed by atoms with Crippen LogP contribution in [0.1, 0.15) is 55.5 Å². The Morgan fingerprint density at radius 1 is 1.17 bits per heavy atom. The molecule has 0 radical (unpaired) electrons. The third-order valence-electron chi connectivity index (χ3n) is 6.36. The van der Waals surface area contributed by atoms with E-state index >= 15 is 4.39 Å². The summed E-state index contributed by atoms with van der Waals surface area (Å²) >= 11 is 0. The molecule has 1 fully saturated rings. The number of allylic oxidation sites excluding steroid dienone is 4. The number of carboxylic acids is 1. The molecule has 2 aliphatic heterocycles. The lowest BCUT2D eigenvalue weighted by Crippen LogP contribution is -2.29. The third kappa shape index (κ3) is 5.05. The van der Waals surface area contributed by atoms with Crippen LogP contribution < -0.4 is 0 Å². The fourth-order valence-electron chi connectivity index (χ4n) is 4.66. The van der Waals surface area contributed by atoms with E-state index in [4.69, 9.17) is 9.47 Å². The van der Waals surface area contributed by atoms with Crippen molar-refractivity contribution in [1.82, 2.24) is 0 Å². The maximum atomic E-state index is 15.8. The van der Waals surface area contributed by atoms with Crippen LogP contribution in [-0.2, 0) is 14.3 Å². The van der Waals surface area contributed by atoms with Crippen molar-refractivity contribution in [3.05, 3.63) is 88.0 Å². The van der Waals surface area contributed by atoms with Crippen LogP contribution in [-0.4, -0.2) is 36.0 Å². The van der Waals surface area contributed by atoms with Crippen LogP contribution in [0.15, 0.2) is 64.9 Å². The Labute approximate surface area is 211 Å². The van der Waals surface area contributed by atoms with Gasteiger partial charge in [-0.2, -0.15) is 0 Å². The lowest BCUT2D eigenvalue weighted by Gasteiger charge is -2.29. The number of aliphatic carboxylic acids is 1. The molecule has 2 bridgehead atoms. The van der Waals surface area contributed by atoms with E-state index in [2.05, 4.69) is 11.6 Å². The van der Waals surface area contributed by atoms with Gasteiger partial charge in [-0.15, -0.1) is 0 Å². The fraction of sp³-hybridized carbons (Fsp3) is 0.333. The summed E-state index contributed by atoms with van der Waals surface area (Å²) in [4.78, 5) is 17.1. The minimum Gasteiger partial charge on any atom is -0.493 e. The number of halogens is 1. The number of aliphatic imine (C=N–C) groups is 1. The molecule has 188 valence electrons. The van der Waals surface area contributed by atoms with Gasteiger partial charge >= 0.3 is 5.97 Å². The largest absolute Gasteiger partial charge is 0.493 e. The summed E-state index contributed by atoms with van der Waals surface area (Å²) in [6.07, 6.45) is 6.77. The summed E-state index contributed by atoms with van der Waals surface area (Å²) in [6, 6.07) is 5.52. The highest BCUT2D eigenvalue weighted by molar-refractivity contribution is 5.99. The van der Waals surface area contributed by atoms with E-state index in [9.17, 15) is 9.90 Å². The summed E-state index contributed by atoms with van der Waals surface area (Å²) in [5.41, 5.74) is 3.87. The molecule has 4 rings (SSSR count). The Morgan fingerprint density at radius 2 is 1.92 bits per heavy atom. The molecule has 2 heterocycles. The van der Waals surface area contributed by atoms with E-state index in [1.165, 1.54) is 0 Å². The van der Waals surface area contributed by atoms with Crippen LogP contribution in [0, 0.1) is 19.7 Å². The van der Waals surface area contributed by atoms with E-state index < -0.39 is 23.5 Å². The average Bonchev–Trinajstić information content (AvgIpc) is 2.80. The Hall–Kier alpha value is -3.51. The fourth-order valence-corrected chi connectivity index (χ4v) is 4.66. The third-order valence-corrected chi connectivity index (χ3v) is 6.36. The van der Waals surface area contributed by atoms with E-state index in [0.29, 0.717) is 34.3 Å². The van der Waals surface area contributed by atoms with Gasteiger partial charge in [0.05, 0.1) is 18.8 Å². The topological polar surface area (TPSA) is 68.1 Å². The molecule has 1 N–H and O–H groups in total. The minimum absolute atomic E-state index is 0.245. The van der Waals surface area contributed by atoms with Gasteiger partial charge in [0.1, 0.15) is 11.6 Å². The second kappa shape index (κ2) is 9.86. The van der Waals surface area contributed by atoms with Gasteiger partial charge in [0.25, 0.3) is 0 Å². The zero-order valence-corrected chi connectivity index (χ0v) is 21.4. The van der Waals surface area contributed by atoms with Crippen LogP contribution in [0.25, 0.3) is 16.3 Å². The van der Waals surface area contributed by atoms with Crippen LogP contribution in [0.3, 0.4) is 0 Å². The number of hydrogen-bond acceptors (Lipinski definition) is 4. The van der Waals surface area contributed by atoms with Crippen molar-refractivity contribution >= 4 is 28.5 Å². The zero-order valence-electron chi connectivity index (χ0n) is 21.4. The first-order chi connectivity index (χ1) is 17.0. The minimum atomic E-state index is -1.37. The highest BCUT2D eigenvalue weighted by Gasteiger charge is 2.33. The highest BCUT2D eigenvalue weighted by Crippen LogP contribution is 2.41. The van der Waals surface area contributed by atoms with Crippen molar-refractivity contribution in [3.63, 3.8) is 0 Å². The number of carbonyl (C=O) groups is 1. The monoisotopic (exact) mass is 489 g/mol. The van der Waals surface area contributed by atoms with Crippen molar-refractivity contribution in [3.8, 4) is 0 Å².